The summed E-state index contributed by atoms with van der Waals surface area (Å²) in [5, 5.41) is 3.25. The van der Waals surface area contributed by atoms with E-state index in [9.17, 15) is 4.79 Å². The number of amides is 1. The first kappa shape index (κ1) is 13.4. The van der Waals surface area contributed by atoms with E-state index in [0.717, 1.165) is 30.8 Å². The summed E-state index contributed by atoms with van der Waals surface area (Å²) in [6, 6.07) is 4.32. The van der Waals surface area contributed by atoms with Crippen molar-refractivity contribution in [1.29, 1.82) is 0 Å². The normalized spacial score (nSPS) is 19.8. The van der Waals surface area contributed by atoms with E-state index in [4.69, 9.17) is 0 Å². The van der Waals surface area contributed by atoms with Gasteiger partial charge >= 0.3 is 0 Å². The maximum Gasteiger partial charge on any atom is 0.232 e. The minimum Gasteiger partial charge on any atom is -0.340 e. The van der Waals surface area contributed by atoms with Crippen LogP contribution in [-0.4, -0.2) is 47.7 Å². The van der Waals surface area contributed by atoms with Crippen molar-refractivity contribution in [2.24, 2.45) is 0 Å². The van der Waals surface area contributed by atoms with Crippen LogP contribution in [0, 0.1) is 0 Å². The number of nitrogens with zero attached hydrogens (tertiary/aromatic N) is 2. The molecule has 1 fully saturated rings. The molecule has 1 atom stereocenters. The van der Waals surface area contributed by atoms with E-state index in [1.807, 2.05) is 24.1 Å². The average Bonchev–Trinajstić information content (AvgIpc) is 2.46. The van der Waals surface area contributed by atoms with Gasteiger partial charge < -0.3 is 10.2 Å². The smallest absolute Gasteiger partial charge is 0.232 e. The summed E-state index contributed by atoms with van der Waals surface area (Å²) in [6.45, 7) is 1.74. The number of hydrogen-bond acceptors (Lipinski definition) is 4. The number of likely N-dealkylation sites (N-methyl/N-ethyl adjacent to an activating group) is 1. The molecule has 1 unspecified atom stereocenters. The minimum atomic E-state index is 0.233. The average molecular weight is 265 g/mol. The second-order valence-electron chi connectivity index (χ2n) is 4.44. The topological polar surface area (TPSA) is 45.2 Å². The second-order valence-corrected chi connectivity index (χ2v) is 5.49. The van der Waals surface area contributed by atoms with Gasteiger partial charge in [0.15, 0.2) is 0 Å². The Morgan fingerprint density at radius 3 is 3.06 bits per heavy atom. The van der Waals surface area contributed by atoms with E-state index < -0.39 is 0 Å². The van der Waals surface area contributed by atoms with Crippen LogP contribution in [-0.2, 0) is 4.79 Å². The fourth-order valence-electron chi connectivity index (χ4n) is 2.11. The molecule has 4 nitrogen and oxygen atoms in total. The highest BCUT2D eigenvalue weighted by Gasteiger charge is 2.22. The van der Waals surface area contributed by atoms with Crippen LogP contribution < -0.4 is 5.32 Å². The highest BCUT2D eigenvalue weighted by molar-refractivity contribution is 8.00. The summed E-state index contributed by atoms with van der Waals surface area (Å²) in [7, 11) is 1.96. The van der Waals surface area contributed by atoms with E-state index in [2.05, 4.69) is 10.3 Å². The van der Waals surface area contributed by atoms with Gasteiger partial charge in [0, 0.05) is 36.4 Å². The van der Waals surface area contributed by atoms with Gasteiger partial charge in [-0.25, -0.2) is 0 Å². The fraction of sp³-hybridized carbons (Fsp3) is 0.538. The maximum absolute atomic E-state index is 12.1. The second kappa shape index (κ2) is 6.75. The molecule has 1 N–H and O–H groups in total. The first-order valence-corrected chi connectivity index (χ1v) is 7.26. The molecule has 2 heterocycles. The lowest BCUT2D eigenvalue weighted by Crippen LogP contribution is -2.47. The van der Waals surface area contributed by atoms with Crippen LogP contribution >= 0.6 is 11.8 Å². The molecule has 0 aromatic carbocycles. The quantitative estimate of drug-likeness (QED) is 0.836. The largest absolute Gasteiger partial charge is 0.340 e. The van der Waals surface area contributed by atoms with Crippen molar-refractivity contribution in [3.63, 3.8) is 0 Å². The van der Waals surface area contributed by atoms with Crippen molar-refractivity contribution < 1.29 is 4.79 Å². The van der Waals surface area contributed by atoms with Gasteiger partial charge in [0.25, 0.3) is 0 Å². The van der Waals surface area contributed by atoms with Gasteiger partial charge in [0.2, 0.25) is 5.91 Å². The van der Waals surface area contributed by atoms with E-state index in [1.54, 1.807) is 24.2 Å². The SMILES string of the molecule is CNC1CCCN(C(=O)CSc2ccncc2)C1. The Morgan fingerprint density at radius 1 is 1.56 bits per heavy atom. The first-order valence-electron chi connectivity index (χ1n) is 6.27. The first-order chi connectivity index (χ1) is 8.79. The van der Waals surface area contributed by atoms with Gasteiger partial charge in [-0.05, 0) is 32.0 Å². The van der Waals surface area contributed by atoms with E-state index in [1.165, 1.54) is 0 Å². The Bertz CT molecular complexity index is 385. The number of carbonyl (C=O) groups excluding carboxylic acids is 1. The molecule has 0 saturated carbocycles. The van der Waals surface area contributed by atoms with Gasteiger partial charge in [-0.2, -0.15) is 0 Å². The Morgan fingerprint density at radius 2 is 2.33 bits per heavy atom. The van der Waals surface area contributed by atoms with Crippen LogP contribution in [0.3, 0.4) is 0 Å². The summed E-state index contributed by atoms with van der Waals surface area (Å²) in [6.07, 6.45) is 5.77. The summed E-state index contributed by atoms with van der Waals surface area (Å²) in [4.78, 5) is 19.1. The van der Waals surface area contributed by atoms with Crippen LogP contribution in [0.15, 0.2) is 29.4 Å². The van der Waals surface area contributed by atoms with Crippen molar-refractivity contribution in [3.05, 3.63) is 24.5 Å². The third-order valence-electron chi connectivity index (χ3n) is 3.19. The Balaban J connectivity index is 1.81. The Hall–Kier alpha value is -1.07. The number of carbonyl (C=O) groups is 1. The fourth-order valence-corrected chi connectivity index (χ4v) is 2.90. The molecule has 0 spiro atoms. The van der Waals surface area contributed by atoms with E-state index in [0.29, 0.717) is 11.8 Å². The molecule has 1 amide bonds. The molecule has 1 aromatic rings. The minimum absolute atomic E-state index is 0.233. The lowest BCUT2D eigenvalue weighted by Gasteiger charge is -2.32. The number of piperidine rings is 1. The highest BCUT2D eigenvalue weighted by Crippen LogP contribution is 2.18. The molecular weight excluding hydrogens is 246 g/mol. The number of rotatable bonds is 4. The molecule has 1 saturated heterocycles. The Labute approximate surface area is 112 Å². The molecule has 18 heavy (non-hydrogen) atoms. The number of pyridine rings is 1. The predicted octanol–water partition coefficient (Wildman–Crippen LogP) is 1.38. The third-order valence-corrected chi connectivity index (χ3v) is 4.19. The van der Waals surface area contributed by atoms with Crippen molar-refractivity contribution in [3.8, 4) is 0 Å². The predicted molar refractivity (Wildman–Crippen MR) is 73.6 cm³/mol. The maximum atomic E-state index is 12.1. The number of thioether (sulfide) groups is 1. The molecule has 2 rings (SSSR count). The number of hydrogen-bond donors (Lipinski definition) is 1. The van der Waals surface area contributed by atoms with E-state index in [-0.39, 0.29) is 5.91 Å². The zero-order chi connectivity index (χ0) is 12.8. The van der Waals surface area contributed by atoms with Crippen molar-refractivity contribution in [1.82, 2.24) is 15.2 Å². The van der Waals surface area contributed by atoms with E-state index >= 15 is 0 Å². The van der Waals surface area contributed by atoms with Crippen molar-refractivity contribution in [2.75, 3.05) is 25.9 Å². The Kier molecular flexibility index (Phi) is 5.01. The van der Waals surface area contributed by atoms with Crippen LogP contribution in [0.2, 0.25) is 0 Å². The zero-order valence-electron chi connectivity index (χ0n) is 10.6. The van der Waals surface area contributed by atoms with Gasteiger partial charge in [-0.1, -0.05) is 0 Å². The van der Waals surface area contributed by atoms with Gasteiger partial charge in [0.05, 0.1) is 5.75 Å². The molecule has 0 aliphatic carbocycles. The number of nitrogens with one attached hydrogen (secondary N) is 1. The van der Waals surface area contributed by atoms with Crippen LogP contribution in [0.5, 0.6) is 0 Å². The molecule has 5 heteroatoms. The molecule has 98 valence electrons. The zero-order valence-corrected chi connectivity index (χ0v) is 11.4. The lowest BCUT2D eigenvalue weighted by atomic mass is 10.1. The highest BCUT2D eigenvalue weighted by atomic mass is 32.2. The molecule has 1 aromatic heterocycles. The molecule has 1 aliphatic rings. The van der Waals surface area contributed by atoms with Gasteiger partial charge in [-0.3, -0.25) is 9.78 Å². The standard InChI is InChI=1S/C13H19N3OS/c1-14-11-3-2-8-16(9-11)13(17)10-18-12-4-6-15-7-5-12/h4-7,11,14H,2-3,8-10H2,1H3. The monoisotopic (exact) mass is 265 g/mol. The van der Waals surface area contributed by atoms with Crippen LogP contribution in [0.1, 0.15) is 12.8 Å². The van der Waals surface area contributed by atoms with Crippen molar-refractivity contribution >= 4 is 17.7 Å². The van der Waals surface area contributed by atoms with Crippen LogP contribution in [0.4, 0.5) is 0 Å². The summed E-state index contributed by atoms with van der Waals surface area (Å²) in [5.41, 5.74) is 0. The molecule has 0 bridgehead atoms. The summed E-state index contributed by atoms with van der Waals surface area (Å²) in [5.74, 6) is 0.747. The summed E-state index contributed by atoms with van der Waals surface area (Å²) >= 11 is 1.58. The van der Waals surface area contributed by atoms with Crippen molar-refractivity contribution in [2.45, 2.75) is 23.8 Å². The molecule has 1 aliphatic heterocycles. The summed E-state index contributed by atoms with van der Waals surface area (Å²) < 4.78 is 0. The van der Waals surface area contributed by atoms with Crippen LogP contribution in [0.25, 0.3) is 0 Å². The number of likely N-dealkylation sites (tertiary alicyclic amines) is 1. The number of aromatic nitrogens is 1. The van der Waals surface area contributed by atoms with Gasteiger partial charge in [0.1, 0.15) is 0 Å². The lowest BCUT2D eigenvalue weighted by molar-refractivity contribution is -0.129. The third kappa shape index (κ3) is 3.71. The molecular formula is C13H19N3OS. The molecule has 0 radical (unpaired) electrons. The van der Waals surface area contributed by atoms with Gasteiger partial charge in [-0.15, -0.1) is 11.8 Å².